The zero-order valence-corrected chi connectivity index (χ0v) is 10.0. The Kier molecular flexibility index (Phi) is 2.88. The normalized spacial score (nSPS) is 10.4. The molecule has 8 heteroatoms. The summed E-state index contributed by atoms with van der Waals surface area (Å²) < 4.78 is 1.98. The van der Waals surface area contributed by atoms with E-state index < -0.39 is 4.92 Å². The minimum Gasteiger partial charge on any atom is -0.358 e. The van der Waals surface area contributed by atoms with Gasteiger partial charge in [-0.05, 0) is 26.9 Å². The number of pyridine rings is 1. The van der Waals surface area contributed by atoms with Crippen LogP contribution in [-0.2, 0) is 0 Å². The lowest BCUT2D eigenvalue weighted by atomic mass is 10.4. The molecule has 2 heterocycles. The van der Waals surface area contributed by atoms with Crippen molar-refractivity contribution < 1.29 is 4.92 Å². The van der Waals surface area contributed by atoms with Gasteiger partial charge in [0.2, 0.25) is 0 Å². The lowest BCUT2D eigenvalue weighted by Crippen LogP contribution is -2.00. The van der Waals surface area contributed by atoms with E-state index in [9.17, 15) is 10.1 Å². The van der Waals surface area contributed by atoms with Crippen LogP contribution >= 0.6 is 27.5 Å². The Morgan fingerprint density at radius 3 is 2.88 bits per heavy atom. The number of nitro groups is 1. The fraction of sp³-hybridized carbons (Fsp3) is 0. The van der Waals surface area contributed by atoms with Crippen LogP contribution in [0.15, 0.2) is 29.0 Å². The quantitative estimate of drug-likeness (QED) is 0.631. The number of rotatable bonds is 2. The van der Waals surface area contributed by atoms with Gasteiger partial charge in [-0.2, -0.15) is 0 Å². The summed E-state index contributed by atoms with van der Waals surface area (Å²) in [5.41, 5.74) is 0. The van der Waals surface area contributed by atoms with Crippen LogP contribution < -0.4 is 0 Å². The Balaban J connectivity index is 2.46. The lowest BCUT2D eigenvalue weighted by molar-refractivity contribution is -0.389. The molecule has 0 atom stereocenters. The van der Waals surface area contributed by atoms with Gasteiger partial charge in [-0.3, -0.25) is 0 Å². The second kappa shape index (κ2) is 4.18. The first-order chi connectivity index (χ1) is 7.58. The number of hydrogen-bond donors (Lipinski definition) is 0. The average molecular weight is 304 g/mol. The molecule has 0 N–H and O–H groups in total. The van der Waals surface area contributed by atoms with Crippen LogP contribution in [0.5, 0.6) is 0 Å². The van der Waals surface area contributed by atoms with E-state index in [1.165, 1.54) is 23.1 Å². The fourth-order valence-electron chi connectivity index (χ4n) is 1.11. The first kappa shape index (κ1) is 11.0. The molecule has 0 aliphatic rings. The van der Waals surface area contributed by atoms with E-state index in [-0.39, 0.29) is 5.82 Å². The summed E-state index contributed by atoms with van der Waals surface area (Å²) in [7, 11) is 0. The summed E-state index contributed by atoms with van der Waals surface area (Å²) in [6, 6.07) is 2.91. The molecule has 0 unspecified atom stereocenters. The molecule has 0 spiro atoms. The molecule has 0 aliphatic heterocycles. The Morgan fingerprint density at radius 1 is 1.56 bits per heavy atom. The number of nitrogens with zero attached hydrogens (tertiary/aromatic N) is 4. The summed E-state index contributed by atoms with van der Waals surface area (Å²) >= 11 is 9.14. The number of hydrogen-bond acceptors (Lipinski definition) is 4. The number of halogens is 2. The first-order valence-corrected chi connectivity index (χ1v) is 5.26. The van der Waals surface area contributed by atoms with Crippen LogP contribution in [0, 0.1) is 10.1 Å². The van der Waals surface area contributed by atoms with Crippen LogP contribution in [0.3, 0.4) is 0 Å². The summed E-state index contributed by atoms with van der Waals surface area (Å²) in [6.07, 6.45) is 2.97. The molecule has 0 aromatic carbocycles. The first-order valence-electron chi connectivity index (χ1n) is 4.09. The Bertz CT molecular complexity index is 557. The highest BCUT2D eigenvalue weighted by atomic mass is 79.9. The van der Waals surface area contributed by atoms with Crippen LogP contribution in [0.2, 0.25) is 5.02 Å². The maximum absolute atomic E-state index is 10.5. The van der Waals surface area contributed by atoms with Crippen molar-refractivity contribution in [2.75, 3.05) is 0 Å². The van der Waals surface area contributed by atoms with E-state index in [2.05, 4.69) is 26.0 Å². The van der Waals surface area contributed by atoms with Gasteiger partial charge >= 0.3 is 5.82 Å². The maximum atomic E-state index is 10.5. The van der Waals surface area contributed by atoms with E-state index in [0.717, 1.165) is 4.47 Å². The zero-order valence-electron chi connectivity index (χ0n) is 7.67. The Morgan fingerprint density at radius 2 is 2.31 bits per heavy atom. The van der Waals surface area contributed by atoms with Crippen molar-refractivity contribution in [3.8, 4) is 5.82 Å². The van der Waals surface area contributed by atoms with Gasteiger partial charge in [-0.15, -0.1) is 4.68 Å². The zero-order chi connectivity index (χ0) is 11.7. The highest BCUT2D eigenvalue weighted by molar-refractivity contribution is 9.10. The molecule has 6 nitrogen and oxygen atoms in total. The molecule has 2 rings (SSSR count). The monoisotopic (exact) mass is 302 g/mol. The van der Waals surface area contributed by atoms with Crippen LogP contribution in [0.1, 0.15) is 0 Å². The second-order valence-electron chi connectivity index (χ2n) is 2.83. The van der Waals surface area contributed by atoms with E-state index in [4.69, 9.17) is 11.6 Å². The van der Waals surface area contributed by atoms with Gasteiger partial charge in [0.15, 0.2) is 5.82 Å². The molecule has 0 radical (unpaired) electrons. The summed E-state index contributed by atoms with van der Waals surface area (Å²) in [4.78, 5) is 13.9. The topological polar surface area (TPSA) is 73.8 Å². The van der Waals surface area contributed by atoms with Crippen molar-refractivity contribution in [3.05, 3.63) is 44.1 Å². The molecule has 82 valence electrons. The molecular weight excluding hydrogens is 299 g/mol. The fourth-order valence-corrected chi connectivity index (χ4v) is 1.82. The molecule has 0 amide bonds. The van der Waals surface area contributed by atoms with Gasteiger partial charge in [0.25, 0.3) is 0 Å². The predicted molar refractivity (Wildman–Crippen MR) is 60.7 cm³/mol. The van der Waals surface area contributed by atoms with Gasteiger partial charge in [-0.25, -0.2) is 4.98 Å². The predicted octanol–water partition coefficient (Wildman–Crippen LogP) is 2.59. The highest BCUT2D eigenvalue weighted by Crippen LogP contribution is 2.22. The molecule has 2 aromatic heterocycles. The molecule has 0 bridgehead atoms. The second-order valence-corrected chi connectivity index (χ2v) is 4.16. The Labute approximate surface area is 103 Å². The van der Waals surface area contributed by atoms with Crippen LogP contribution in [0.25, 0.3) is 5.82 Å². The highest BCUT2D eigenvalue weighted by Gasteiger charge is 2.15. The summed E-state index contributed by atoms with van der Waals surface area (Å²) in [5.74, 6) is 0.0961. The minimum atomic E-state index is -0.580. The van der Waals surface area contributed by atoms with Gasteiger partial charge in [0.1, 0.15) is 0 Å². The van der Waals surface area contributed by atoms with Crippen molar-refractivity contribution >= 4 is 33.3 Å². The van der Waals surface area contributed by atoms with Gasteiger partial charge in [0.05, 0.1) is 22.4 Å². The molecule has 2 aromatic rings. The van der Waals surface area contributed by atoms with Crippen LogP contribution in [0.4, 0.5) is 5.82 Å². The average Bonchev–Trinajstić information content (AvgIpc) is 2.66. The third-order valence-corrected chi connectivity index (χ3v) is 2.48. The maximum Gasteiger partial charge on any atom is 0.390 e. The van der Waals surface area contributed by atoms with Gasteiger partial charge in [0, 0.05) is 10.7 Å². The molecule has 0 saturated heterocycles. The van der Waals surface area contributed by atoms with E-state index in [1.807, 2.05) is 0 Å². The van der Waals surface area contributed by atoms with E-state index in [0.29, 0.717) is 10.8 Å². The van der Waals surface area contributed by atoms with Gasteiger partial charge < -0.3 is 10.1 Å². The largest absolute Gasteiger partial charge is 0.390 e. The van der Waals surface area contributed by atoms with E-state index >= 15 is 0 Å². The standard InChI is InChI=1S/C8H4BrClN4O2/c9-5-3-6(10)8(11-4-5)13-2-1-7(12-13)14(15)16/h1-4H. The van der Waals surface area contributed by atoms with Crippen molar-refractivity contribution in [2.24, 2.45) is 0 Å². The lowest BCUT2D eigenvalue weighted by Gasteiger charge is -1.99. The number of aromatic nitrogens is 3. The van der Waals surface area contributed by atoms with Crippen molar-refractivity contribution in [1.82, 2.24) is 14.8 Å². The van der Waals surface area contributed by atoms with Crippen molar-refractivity contribution in [1.29, 1.82) is 0 Å². The molecule has 16 heavy (non-hydrogen) atoms. The third kappa shape index (κ3) is 2.05. The molecule has 0 aliphatic carbocycles. The minimum absolute atomic E-state index is 0.249. The SMILES string of the molecule is O=[N+]([O-])c1ccn(-c2ncc(Br)cc2Cl)n1. The molecule has 0 fully saturated rings. The summed E-state index contributed by atoms with van der Waals surface area (Å²) in [6.45, 7) is 0. The smallest absolute Gasteiger partial charge is 0.358 e. The molecule has 0 saturated carbocycles. The van der Waals surface area contributed by atoms with Crippen molar-refractivity contribution in [2.45, 2.75) is 0 Å². The van der Waals surface area contributed by atoms with E-state index in [1.54, 1.807) is 6.07 Å². The van der Waals surface area contributed by atoms with Crippen LogP contribution in [-0.4, -0.2) is 19.7 Å². The van der Waals surface area contributed by atoms with Crippen molar-refractivity contribution in [3.63, 3.8) is 0 Å². The third-order valence-electron chi connectivity index (χ3n) is 1.77. The molecular formula is C8H4BrClN4O2. The van der Waals surface area contributed by atoms with Gasteiger partial charge in [-0.1, -0.05) is 11.6 Å². The Hall–Kier alpha value is -1.47. The summed E-state index contributed by atoms with van der Waals surface area (Å²) in [5, 5.41) is 14.5.